The van der Waals surface area contributed by atoms with Gasteiger partial charge in [0.25, 0.3) is 0 Å². The van der Waals surface area contributed by atoms with E-state index >= 15 is 0 Å². The van der Waals surface area contributed by atoms with Gasteiger partial charge in [-0.05, 0) is 37.6 Å². The minimum absolute atomic E-state index is 0.418. The number of rotatable bonds is 5. The van der Waals surface area contributed by atoms with Crippen molar-refractivity contribution < 1.29 is 4.42 Å². The highest BCUT2D eigenvalue weighted by molar-refractivity contribution is 5.80. The van der Waals surface area contributed by atoms with Crippen LogP contribution in [0.5, 0.6) is 0 Å². The van der Waals surface area contributed by atoms with E-state index in [1.165, 1.54) is 11.3 Å². The molecule has 2 aromatic rings. The number of nitrogens with one attached hydrogen (secondary N) is 2. The summed E-state index contributed by atoms with van der Waals surface area (Å²) in [7, 11) is 1.81. The van der Waals surface area contributed by atoms with E-state index in [1.807, 2.05) is 19.2 Å². The zero-order valence-electron chi connectivity index (χ0n) is 14.5. The van der Waals surface area contributed by atoms with Gasteiger partial charge in [0.1, 0.15) is 5.76 Å². The number of nitrogens with zero attached hydrogens (tertiary/aromatic N) is 2. The van der Waals surface area contributed by atoms with Crippen LogP contribution < -0.4 is 15.5 Å². The summed E-state index contributed by atoms with van der Waals surface area (Å²) in [6, 6.07) is 13.1. The number of guanidine groups is 1. The second-order valence-corrected chi connectivity index (χ2v) is 6.24. The van der Waals surface area contributed by atoms with Gasteiger partial charge in [-0.2, -0.15) is 0 Å². The van der Waals surface area contributed by atoms with Crippen LogP contribution in [0.15, 0.2) is 52.1 Å². The van der Waals surface area contributed by atoms with E-state index in [0.717, 1.165) is 44.2 Å². The number of aryl methyl sites for hydroxylation is 1. The van der Waals surface area contributed by atoms with Crippen LogP contribution in [0.4, 0.5) is 5.69 Å². The van der Waals surface area contributed by atoms with Gasteiger partial charge in [0.2, 0.25) is 0 Å². The summed E-state index contributed by atoms with van der Waals surface area (Å²) in [6.45, 7) is 5.00. The van der Waals surface area contributed by atoms with Gasteiger partial charge in [0.15, 0.2) is 5.96 Å². The van der Waals surface area contributed by atoms with Crippen molar-refractivity contribution in [2.45, 2.75) is 25.8 Å². The van der Waals surface area contributed by atoms with Crippen LogP contribution in [0.25, 0.3) is 0 Å². The van der Waals surface area contributed by atoms with Crippen molar-refractivity contribution in [3.63, 3.8) is 0 Å². The summed E-state index contributed by atoms with van der Waals surface area (Å²) in [5.74, 6) is 1.85. The summed E-state index contributed by atoms with van der Waals surface area (Å²) >= 11 is 0. The highest BCUT2D eigenvalue weighted by Crippen LogP contribution is 2.20. The van der Waals surface area contributed by atoms with Crippen molar-refractivity contribution in [3.05, 3.63) is 54.0 Å². The Hall–Kier alpha value is -2.43. The van der Waals surface area contributed by atoms with E-state index in [4.69, 9.17) is 4.42 Å². The number of furan rings is 1. The molecule has 0 spiro atoms. The van der Waals surface area contributed by atoms with Crippen LogP contribution >= 0.6 is 0 Å². The third-order valence-corrected chi connectivity index (χ3v) is 4.40. The van der Waals surface area contributed by atoms with Crippen molar-refractivity contribution in [3.8, 4) is 0 Å². The Morgan fingerprint density at radius 3 is 2.83 bits per heavy atom. The first kappa shape index (κ1) is 16.4. The minimum atomic E-state index is 0.418. The van der Waals surface area contributed by atoms with Crippen LogP contribution in [0.3, 0.4) is 0 Å². The van der Waals surface area contributed by atoms with E-state index in [0.29, 0.717) is 6.04 Å². The Morgan fingerprint density at radius 2 is 2.12 bits per heavy atom. The maximum Gasteiger partial charge on any atom is 0.191 e. The largest absolute Gasteiger partial charge is 0.469 e. The second-order valence-electron chi connectivity index (χ2n) is 6.24. The third kappa shape index (κ3) is 4.31. The predicted molar refractivity (Wildman–Crippen MR) is 98.7 cm³/mol. The monoisotopic (exact) mass is 326 g/mol. The molecule has 5 heteroatoms. The summed E-state index contributed by atoms with van der Waals surface area (Å²) < 4.78 is 5.35. The van der Waals surface area contributed by atoms with Gasteiger partial charge < -0.3 is 20.0 Å². The molecule has 1 fully saturated rings. The SMILES string of the molecule is CN=C(NCCc1ccco1)NC1CCN(c2ccc(C)cc2)C1. The molecule has 2 heterocycles. The molecular weight excluding hydrogens is 300 g/mol. The Morgan fingerprint density at radius 1 is 1.29 bits per heavy atom. The topological polar surface area (TPSA) is 52.8 Å². The normalized spacial score (nSPS) is 18.0. The number of benzene rings is 1. The molecular formula is C19H26N4O. The summed E-state index contributed by atoms with van der Waals surface area (Å²) in [4.78, 5) is 6.75. The fourth-order valence-corrected chi connectivity index (χ4v) is 3.02. The van der Waals surface area contributed by atoms with Gasteiger partial charge in [-0.25, -0.2) is 0 Å². The Bertz CT molecular complexity index is 649. The number of aliphatic imine (C=N–C) groups is 1. The molecule has 0 radical (unpaired) electrons. The second kappa shape index (κ2) is 7.90. The molecule has 1 atom stereocenters. The average molecular weight is 326 g/mol. The third-order valence-electron chi connectivity index (χ3n) is 4.40. The van der Waals surface area contributed by atoms with Crippen molar-refractivity contribution in [2.75, 3.05) is 31.6 Å². The van der Waals surface area contributed by atoms with E-state index in [-0.39, 0.29) is 0 Å². The molecule has 1 unspecified atom stereocenters. The van der Waals surface area contributed by atoms with Crippen LogP contribution in [0.1, 0.15) is 17.7 Å². The molecule has 2 N–H and O–H groups in total. The first-order chi connectivity index (χ1) is 11.7. The maximum atomic E-state index is 5.35. The number of hydrogen-bond acceptors (Lipinski definition) is 3. The lowest BCUT2D eigenvalue weighted by molar-refractivity contribution is 0.506. The van der Waals surface area contributed by atoms with E-state index in [2.05, 4.69) is 51.7 Å². The zero-order chi connectivity index (χ0) is 16.8. The molecule has 1 aromatic heterocycles. The highest BCUT2D eigenvalue weighted by atomic mass is 16.3. The molecule has 1 aromatic carbocycles. The smallest absolute Gasteiger partial charge is 0.191 e. The fraction of sp³-hybridized carbons (Fsp3) is 0.421. The molecule has 0 aliphatic carbocycles. The van der Waals surface area contributed by atoms with Gasteiger partial charge in [0, 0.05) is 44.8 Å². The summed E-state index contributed by atoms with van der Waals surface area (Å²) in [5, 5.41) is 6.88. The molecule has 128 valence electrons. The standard InChI is InChI=1S/C19H26N4O/c1-15-5-7-17(8-6-15)23-12-10-16(14-23)22-19(20-2)21-11-9-18-4-3-13-24-18/h3-8,13,16H,9-12,14H2,1-2H3,(H2,20,21,22). The molecule has 24 heavy (non-hydrogen) atoms. The van der Waals surface area contributed by atoms with Gasteiger partial charge in [-0.15, -0.1) is 0 Å². The molecule has 1 saturated heterocycles. The molecule has 0 bridgehead atoms. The van der Waals surface area contributed by atoms with E-state index < -0.39 is 0 Å². The van der Waals surface area contributed by atoms with E-state index in [9.17, 15) is 0 Å². The molecule has 3 rings (SSSR count). The number of hydrogen-bond donors (Lipinski definition) is 2. The maximum absolute atomic E-state index is 5.35. The summed E-state index contributed by atoms with van der Waals surface area (Å²) in [5.41, 5.74) is 2.60. The molecule has 0 amide bonds. The van der Waals surface area contributed by atoms with Crippen molar-refractivity contribution in [1.82, 2.24) is 10.6 Å². The van der Waals surface area contributed by atoms with Crippen LogP contribution in [0, 0.1) is 6.92 Å². The number of anilines is 1. The lowest BCUT2D eigenvalue weighted by atomic mass is 10.2. The lowest BCUT2D eigenvalue weighted by Gasteiger charge is -2.20. The van der Waals surface area contributed by atoms with E-state index in [1.54, 1.807) is 6.26 Å². The first-order valence-corrected chi connectivity index (χ1v) is 8.56. The van der Waals surface area contributed by atoms with Crippen molar-refractivity contribution >= 4 is 11.6 Å². The molecule has 0 saturated carbocycles. The van der Waals surface area contributed by atoms with Crippen molar-refractivity contribution in [2.24, 2.45) is 4.99 Å². The average Bonchev–Trinajstić information content (AvgIpc) is 3.26. The molecule has 1 aliphatic heterocycles. The molecule has 1 aliphatic rings. The van der Waals surface area contributed by atoms with Crippen LogP contribution in [0.2, 0.25) is 0 Å². The van der Waals surface area contributed by atoms with Crippen molar-refractivity contribution in [1.29, 1.82) is 0 Å². The zero-order valence-corrected chi connectivity index (χ0v) is 14.5. The van der Waals surface area contributed by atoms with Gasteiger partial charge in [-0.3, -0.25) is 4.99 Å². The van der Waals surface area contributed by atoms with Crippen LogP contribution in [-0.4, -0.2) is 38.7 Å². The highest BCUT2D eigenvalue weighted by Gasteiger charge is 2.23. The Labute approximate surface area is 143 Å². The molecule has 5 nitrogen and oxygen atoms in total. The van der Waals surface area contributed by atoms with Crippen LogP contribution in [-0.2, 0) is 6.42 Å². The minimum Gasteiger partial charge on any atom is -0.469 e. The summed E-state index contributed by atoms with van der Waals surface area (Å²) in [6.07, 6.45) is 3.68. The van der Waals surface area contributed by atoms with Gasteiger partial charge in [0.05, 0.1) is 6.26 Å². The fourth-order valence-electron chi connectivity index (χ4n) is 3.02. The van der Waals surface area contributed by atoms with Gasteiger partial charge in [-0.1, -0.05) is 17.7 Å². The van der Waals surface area contributed by atoms with Gasteiger partial charge >= 0.3 is 0 Å². The predicted octanol–water partition coefficient (Wildman–Crippen LogP) is 2.57. The Balaban J connectivity index is 1.45. The quantitative estimate of drug-likeness (QED) is 0.655. The lowest BCUT2D eigenvalue weighted by Crippen LogP contribution is -2.45. The first-order valence-electron chi connectivity index (χ1n) is 8.56. The Kier molecular flexibility index (Phi) is 5.41.